The highest BCUT2D eigenvalue weighted by Crippen LogP contribution is 2.45. The van der Waals surface area contributed by atoms with Crippen molar-refractivity contribution in [3.63, 3.8) is 0 Å². The Morgan fingerprint density at radius 3 is 2.63 bits per heavy atom. The molecule has 0 aliphatic carbocycles. The van der Waals surface area contributed by atoms with Crippen molar-refractivity contribution in [1.29, 1.82) is 0 Å². The molecule has 0 saturated carbocycles. The number of esters is 1. The molecule has 0 spiro atoms. The number of cyclic esters (lactones) is 1. The van der Waals surface area contributed by atoms with Crippen molar-refractivity contribution in [2.75, 3.05) is 0 Å². The van der Waals surface area contributed by atoms with Gasteiger partial charge in [-0.1, -0.05) is 33.3 Å². The van der Waals surface area contributed by atoms with Crippen molar-refractivity contribution in [3.8, 4) is 0 Å². The summed E-state index contributed by atoms with van der Waals surface area (Å²) in [6.07, 6.45) is 4.61. The monoisotopic (exact) mass is 547 g/mol. The zero-order valence-corrected chi connectivity index (χ0v) is 24.6. The molecule has 3 rings (SSSR count). The van der Waals surface area contributed by atoms with Crippen LogP contribution in [0.1, 0.15) is 90.3 Å². The first kappa shape index (κ1) is 30.7. The molecule has 1 aromatic rings. The van der Waals surface area contributed by atoms with Gasteiger partial charge in [-0.05, 0) is 64.0 Å². The van der Waals surface area contributed by atoms with Crippen molar-refractivity contribution in [2.45, 2.75) is 117 Å². The van der Waals surface area contributed by atoms with Gasteiger partial charge in [-0.25, -0.2) is 4.98 Å². The van der Waals surface area contributed by atoms with E-state index < -0.39 is 35.6 Å². The van der Waals surface area contributed by atoms with Crippen LogP contribution in [0, 0.1) is 24.2 Å². The minimum Gasteiger partial charge on any atom is -0.458 e. The van der Waals surface area contributed by atoms with Crippen LogP contribution in [0.2, 0.25) is 0 Å². The first-order chi connectivity index (χ1) is 17.8. The largest absolute Gasteiger partial charge is 0.458 e. The van der Waals surface area contributed by atoms with E-state index in [0.717, 1.165) is 35.5 Å². The average molecular weight is 548 g/mol. The normalized spacial score (nSPS) is 35.3. The summed E-state index contributed by atoms with van der Waals surface area (Å²) >= 11 is 1.56. The third-order valence-corrected chi connectivity index (χ3v) is 9.22. The SMILES string of the molecule is C=CCCC1C(=O)C(C)(C)C(O)CC(=O)OC(C(C)=Cc2csc(C)n2)CC2OC2(C)CCCC(C)C1O. The highest BCUT2D eigenvalue weighted by atomic mass is 32.1. The molecule has 7 unspecified atom stereocenters. The lowest BCUT2D eigenvalue weighted by Gasteiger charge is -2.36. The van der Waals surface area contributed by atoms with Gasteiger partial charge >= 0.3 is 5.97 Å². The van der Waals surface area contributed by atoms with Crippen LogP contribution >= 0.6 is 11.3 Å². The summed E-state index contributed by atoms with van der Waals surface area (Å²) < 4.78 is 12.0. The van der Waals surface area contributed by atoms with Crippen molar-refractivity contribution < 1.29 is 29.3 Å². The number of allylic oxidation sites excluding steroid dienone is 1. The summed E-state index contributed by atoms with van der Waals surface area (Å²) in [5, 5.41) is 25.2. The number of carbonyl (C=O) groups is 2. The number of aryl methyl sites for hydroxylation is 1. The van der Waals surface area contributed by atoms with Gasteiger partial charge in [0, 0.05) is 17.7 Å². The molecule has 2 fully saturated rings. The Balaban J connectivity index is 1.88. The minimum atomic E-state index is -1.25. The van der Waals surface area contributed by atoms with Crippen molar-refractivity contribution >= 4 is 29.2 Å². The van der Waals surface area contributed by atoms with E-state index in [1.807, 2.05) is 32.2 Å². The maximum absolute atomic E-state index is 13.7. The molecule has 0 radical (unpaired) electrons. The number of thiazole rings is 1. The van der Waals surface area contributed by atoms with Gasteiger partial charge in [0.05, 0.1) is 46.5 Å². The van der Waals surface area contributed by atoms with Crippen molar-refractivity contribution in [3.05, 3.63) is 34.3 Å². The lowest BCUT2D eigenvalue weighted by atomic mass is 9.71. The highest BCUT2D eigenvalue weighted by Gasteiger charge is 2.53. The van der Waals surface area contributed by atoms with Gasteiger partial charge < -0.3 is 19.7 Å². The van der Waals surface area contributed by atoms with Gasteiger partial charge in [-0.15, -0.1) is 17.9 Å². The van der Waals surface area contributed by atoms with Crippen LogP contribution < -0.4 is 0 Å². The number of ketones is 1. The predicted molar refractivity (Wildman–Crippen MR) is 150 cm³/mol. The Morgan fingerprint density at radius 1 is 1.29 bits per heavy atom. The van der Waals surface area contributed by atoms with Crippen LogP contribution in [-0.2, 0) is 19.1 Å². The van der Waals surface area contributed by atoms with E-state index in [1.54, 1.807) is 31.3 Å². The Kier molecular flexibility index (Phi) is 10.1. The summed E-state index contributed by atoms with van der Waals surface area (Å²) in [6.45, 7) is 15.0. The molecular formula is C30H45NO6S. The molecule has 2 N–H and O–H groups in total. The molecule has 0 bridgehead atoms. The molecule has 0 amide bonds. The number of nitrogens with zero attached hydrogens (tertiary/aromatic N) is 1. The molecule has 3 heterocycles. The smallest absolute Gasteiger partial charge is 0.309 e. The molecular weight excluding hydrogens is 502 g/mol. The average Bonchev–Trinajstić information content (AvgIpc) is 3.29. The fourth-order valence-corrected chi connectivity index (χ4v) is 6.03. The van der Waals surface area contributed by atoms with E-state index >= 15 is 0 Å². The van der Waals surface area contributed by atoms with Crippen LogP contribution in [0.4, 0.5) is 0 Å². The third kappa shape index (κ3) is 7.40. The first-order valence-corrected chi connectivity index (χ1v) is 14.7. The fourth-order valence-electron chi connectivity index (χ4n) is 5.46. The minimum absolute atomic E-state index is 0.0581. The molecule has 8 heteroatoms. The lowest BCUT2D eigenvalue weighted by Crippen LogP contribution is -2.46. The van der Waals surface area contributed by atoms with Crippen LogP contribution in [0.25, 0.3) is 6.08 Å². The number of aliphatic hydroxyl groups is 2. The fraction of sp³-hybridized carbons (Fsp3) is 0.700. The Bertz CT molecular complexity index is 1030. The number of aromatic nitrogens is 1. The van der Waals surface area contributed by atoms with E-state index in [9.17, 15) is 19.8 Å². The number of fused-ring (bicyclic) bond motifs is 1. The molecule has 38 heavy (non-hydrogen) atoms. The second-order valence-electron chi connectivity index (χ2n) is 12.0. The maximum Gasteiger partial charge on any atom is 0.309 e. The summed E-state index contributed by atoms with van der Waals surface area (Å²) in [5.74, 6) is -1.57. The van der Waals surface area contributed by atoms with Crippen molar-refractivity contribution in [2.24, 2.45) is 17.3 Å². The summed E-state index contributed by atoms with van der Waals surface area (Å²) in [5.41, 5.74) is 0.120. The van der Waals surface area contributed by atoms with Gasteiger partial charge in [0.15, 0.2) is 0 Å². The number of hydrogen-bond donors (Lipinski definition) is 2. The molecule has 2 aliphatic heterocycles. The van der Waals surface area contributed by atoms with Gasteiger partial charge in [-0.3, -0.25) is 9.59 Å². The Morgan fingerprint density at radius 2 is 2.00 bits per heavy atom. The Labute approximate surface area is 231 Å². The number of epoxide rings is 1. The summed E-state index contributed by atoms with van der Waals surface area (Å²) in [7, 11) is 0. The van der Waals surface area contributed by atoms with Crippen LogP contribution in [0.3, 0.4) is 0 Å². The molecule has 1 aromatic heterocycles. The molecule has 2 aliphatic rings. The van der Waals surface area contributed by atoms with E-state index in [0.29, 0.717) is 19.3 Å². The van der Waals surface area contributed by atoms with Gasteiger partial charge in [0.1, 0.15) is 11.9 Å². The second kappa shape index (κ2) is 12.5. The second-order valence-corrected chi connectivity index (χ2v) is 13.0. The maximum atomic E-state index is 13.7. The van der Waals surface area contributed by atoms with Gasteiger partial charge in [0.2, 0.25) is 0 Å². The molecule has 2 saturated heterocycles. The molecule has 212 valence electrons. The van der Waals surface area contributed by atoms with E-state index in [1.165, 1.54) is 0 Å². The first-order valence-electron chi connectivity index (χ1n) is 13.8. The number of ether oxygens (including phenoxy) is 2. The number of carbonyl (C=O) groups excluding carboxylic acids is 2. The topological polar surface area (TPSA) is 109 Å². The summed E-state index contributed by atoms with van der Waals surface area (Å²) in [4.78, 5) is 31.3. The van der Waals surface area contributed by atoms with Crippen LogP contribution in [0.5, 0.6) is 0 Å². The lowest BCUT2D eigenvalue weighted by molar-refractivity contribution is -0.154. The predicted octanol–water partition coefficient (Wildman–Crippen LogP) is 5.42. The van der Waals surface area contributed by atoms with Gasteiger partial charge in [-0.2, -0.15) is 0 Å². The zero-order valence-electron chi connectivity index (χ0n) is 23.7. The van der Waals surface area contributed by atoms with Crippen LogP contribution in [0.15, 0.2) is 23.6 Å². The van der Waals surface area contributed by atoms with E-state index in [-0.39, 0.29) is 29.8 Å². The quantitative estimate of drug-likeness (QED) is 0.288. The number of Topliss-reactive ketones (excluding diaryl/α,β-unsaturated/α-hetero) is 1. The molecule has 0 aromatic carbocycles. The standard InChI is InChI=1S/C30H45NO6S/c1-8-9-12-22-27(34)18(2)11-10-13-30(7)25(37-30)15-23(19(3)14-21-17-38-20(4)31-21)36-26(33)16-24(32)29(5,6)28(22)35/h8,14,17-18,22-25,27,32,34H,1,9-13,15-16H2,2-7H3. The van der Waals surface area contributed by atoms with E-state index in [2.05, 4.69) is 18.5 Å². The van der Waals surface area contributed by atoms with Crippen molar-refractivity contribution in [1.82, 2.24) is 4.98 Å². The number of rotatable bonds is 5. The zero-order chi connectivity index (χ0) is 28.3. The Hall–Kier alpha value is -1.87. The van der Waals surface area contributed by atoms with Gasteiger partial charge in [0.25, 0.3) is 0 Å². The number of aliphatic hydroxyl groups excluding tert-OH is 2. The summed E-state index contributed by atoms with van der Waals surface area (Å²) in [6, 6.07) is 0. The van der Waals surface area contributed by atoms with E-state index in [4.69, 9.17) is 9.47 Å². The van der Waals surface area contributed by atoms with Crippen LogP contribution in [-0.4, -0.2) is 57.0 Å². The molecule has 7 nitrogen and oxygen atoms in total. The molecule has 7 atom stereocenters. The highest BCUT2D eigenvalue weighted by molar-refractivity contribution is 7.09. The third-order valence-electron chi connectivity index (χ3n) is 8.43. The number of hydrogen-bond acceptors (Lipinski definition) is 8.